The summed E-state index contributed by atoms with van der Waals surface area (Å²) in [6, 6.07) is 5.02. The molecule has 0 aromatic heterocycles. The molecule has 10 unspecified atom stereocenters. The number of fused-ring (bicyclic) bond motifs is 3. The molecule has 2 saturated heterocycles. The zero-order chi connectivity index (χ0) is 37.1. The lowest BCUT2D eigenvalue weighted by molar-refractivity contribution is -0.302. The van der Waals surface area contributed by atoms with Gasteiger partial charge in [-0.1, -0.05) is 12.1 Å². The number of hydrogen-bond donors (Lipinski definition) is 4. The van der Waals surface area contributed by atoms with Crippen molar-refractivity contribution in [2.75, 3.05) is 21.2 Å². The van der Waals surface area contributed by atoms with Gasteiger partial charge in [-0.25, -0.2) is 0 Å². The van der Waals surface area contributed by atoms with Gasteiger partial charge in [0.1, 0.15) is 29.3 Å². The minimum Gasteiger partial charge on any atom is -0.507 e. The maximum atomic E-state index is 13.9. The average molecular weight is 712 g/mol. The molecule has 0 amide bonds. The van der Waals surface area contributed by atoms with Crippen molar-refractivity contribution in [3.05, 3.63) is 57.6 Å². The summed E-state index contributed by atoms with van der Waals surface area (Å²) < 4.78 is 30.2. The third kappa shape index (κ3) is 6.58. The Bertz CT molecular complexity index is 1740. The van der Waals surface area contributed by atoms with Crippen LogP contribution >= 0.6 is 0 Å². The number of carbonyl (C=O) groups excluding carboxylic acids is 4. The molecule has 2 fully saturated rings. The van der Waals surface area contributed by atoms with E-state index in [2.05, 4.69) is 0 Å². The fourth-order valence-corrected chi connectivity index (χ4v) is 8.15. The summed E-state index contributed by atoms with van der Waals surface area (Å²) in [5.41, 5.74) is -3.15. The number of carbonyl (C=O) groups is 4. The highest BCUT2D eigenvalue weighted by molar-refractivity contribution is 6.30. The largest absolute Gasteiger partial charge is 0.507 e. The highest BCUT2D eigenvalue weighted by Crippen LogP contribution is 2.54. The Balaban J connectivity index is 1.41. The van der Waals surface area contributed by atoms with Gasteiger partial charge >= 0.3 is 5.97 Å². The molecule has 2 aromatic carbocycles. The van der Waals surface area contributed by atoms with Crippen molar-refractivity contribution >= 4 is 23.3 Å². The van der Waals surface area contributed by atoms with Gasteiger partial charge in [-0.3, -0.25) is 19.2 Å². The first-order valence-corrected chi connectivity index (χ1v) is 17.1. The number of ether oxygens (including phenoxy) is 5. The standard InChI is InChI=1S/C37H45NO13/c1-16(39)14-37(46)15-25(50-27-13-22(38(4)5)35(18(3)49-27)51-26-11-10-23(40)17(2)48-26)29-20(31(37)36(45)47-6)12-21-30(34(29)44)33(43)28-19(32(21)42)8-7-9-24(28)41/h7-9,12,17-18,22-23,25-27,31,35,40-41,44,46H,10-11,13-15H2,1-6H3. The lowest BCUT2D eigenvalue weighted by Gasteiger charge is -2.47. The van der Waals surface area contributed by atoms with Gasteiger partial charge in [-0.15, -0.1) is 0 Å². The highest BCUT2D eigenvalue weighted by Gasteiger charge is 2.54. The molecular weight excluding hydrogens is 666 g/mol. The Morgan fingerprint density at radius 3 is 2.33 bits per heavy atom. The van der Waals surface area contributed by atoms with E-state index in [0.717, 1.165) is 7.11 Å². The van der Waals surface area contributed by atoms with Crippen molar-refractivity contribution < 1.29 is 63.3 Å². The maximum Gasteiger partial charge on any atom is 0.316 e. The van der Waals surface area contributed by atoms with Crippen LogP contribution < -0.4 is 0 Å². The van der Waals surface area contributed by atoms with Crippen LogP contribution in [0, 0.1) is 0 Å². The maximum absolute atomic E-state index is 13.9. The van der Waals surface area contributed by atoms with Gasteiger partial charge in [0.15, 0.2) is 18.4 Å². The fourth-order valence-electron chi connectivity index (χ4n) is 8.15. The molecule has 10 atom stereocenters. The molecule has 2 aliphatic heterocycles. The van der Waals surface area contributed by atoms with Crippen molar-refractivity contribution in [1.82, 2.24) is 4.90 Å². The van der Waals surface area contributed by atoms with Gasteiger partial charge in [0, 0.05) is 48.4 Å². The summed E-state index contributed by atoms with van der Waals surface area (Å²) in [4.78, 5) is 55.6. The fraction of sp³-hybridized carbons (Fsp3) is 0.568. The normalized spacial score (nSPS) is 33.3. The van der Waals surface area contributed by atoms with Crippen LogP contribution in [0.3, 0.4) is 0 Å². The molecule has 2 aromatic rings. The van der Waals surface area contributed by atoms with Gasteiger partial charge in [0.2, 0.25) is 5.78 Å². The summed E-state index contributed by atoms with van der Waals surface area (Å²) in [5.74, 6) is -5.49. The second-order valence-electron chi connectivity index (χ2n) is 14.3. The minimum absolute atomic E-state index is 0.0390. The molecule has 2 heterocycles. The molecule has 0 spiro atoms. The molecule has 0 saturated carbocycles. The lowest BCUT2D eigenvalue weighted by Crippen LogP contribution is -2.56. The predicted octanol–water partition coefficient (Wildman–Crippen LogP) is 2.64. The van der Waals surface area contributed by atoms with Crippen molar-refractivity contribution in [2.24, 2.45) is 0 Å². The number of methoxy groups -OCH3 is 1. The molecular formula is C37H45NO13. The van der Waals surface area contributed by atoms with E-state index in [1.165, 1.54) is 31.2 Å². The van der Waals surface area contributed by atoms with Crippen LogP contribution in [0.5, 0.6) is 11.5 Å². The van der Waals surface area contributed by atoms with Gasteiger partial charge in [0.05, 0.1) is 48.3 Å². The first-order chi connectivity index (χ1) is 24.1. The Kier molecular flexibility index (Phi) is 10.2. The SMILES string of the molecule is COC(=O)C1c2cc3c(c(O)c2C(OC2CC(N(C)C)C(OC4CCC(O)C(C)O4)C(C)O2)CC1(O)CC(C)=O)C(=O)c1c(O)cccc1C3=O. The smallest absolute Gasteiger partial charge is 0.316 e. The van der Waals surface area contributed by atoms with E-state index in [9.17, 15) is 39.6 Å². The van der Waals surface area contributed by atoms with Gasteiger partial charge in [0.25, 0.3) is 0 Å². The number of rotatable bonds is 8. The van der Waals surface area contributed by atoms with E-state index >= 15 is 0 Å². The lowest BCUT2D eigenvalue weighted by atomic mass is 9.66. The first kappa shape index (κ1) is 37.0. The highest BCUT2D eigenvalue weighted by atomic mass is 16.7. The number of esters is 1. The number of aliphatic hydroxyl groups is 2. The van der Waals surface area contributed by atoms with Crippen LogP contribution in [0.4, 0.5) is 0 Å². The molecule has 2 aliphatic carbocycles. The number of aliphatic hydroxyl groups excluding tert-OH is 1. The van der Waals surface area contributed by atoms with E-state index in [1.807, 2.05) is 25.9 Å². The number of hydrogen-bond acceptors (Lipinski definition) is 14. The van der Waals surface area contributed by atoms with Gasteiger partial charge in [-0.05, 0) is 59.0 Å². The number of Topliss-reactive ketones (excluding diaryl/α,β-unsaturated/α-hetero) is 1. The van der Waals surface area contributed by atoms with E-state index < -0.39 is 95.9 Å². The van der Waals surface area contributed by atoms with Crippen molar-refractivity contribution in [3.8, 4) is 11.5 Å². The van der Waals surface area contributed by atoms with Crippen LogP contribution in [0.15, 0.2) is 24.3 Å². The number of phenols is 2. The number of aromatic hydroxyl groups is 2. The molecule has 0 radical (unpaired) electrons. The van der Waals surface area contributed by atoms with Crippen LogP contribution in [0.2, 0.25) is 0 Å². The van der Waals surface area contributed by atoms with E-state index in [1.54, 1.807) is 6.92 Å². The molecule has 51 heavy (non-hydrogen) atoms. The van der Waals surface area contributed by atoms with Crippen LogP contribution in [0.25, 0.3) is 0 Å². The third-order valence-electron chi connectivity index (χ3n) is 10.6. The molecule has 276 valence electrons. The molecule has 14 nitrogen and oxygen atoms in total. The van der Waals surface area contributed by atoms with Crippen molar-refractivity contribution in [1.29, 1.82) is 0 Å². The Labute approximate surface area is 295 Å². The summed E-state index contributed by atoms with van der Waals surface area (Å²) in [5, 5.41) is 44.7. The first-order valence-electron chi connectivity index (χ1n) is 17.1. The number of likely N-dealkylation sites (N-methyl/N-ethyl adjacent to an activating group) is 1. The monoisotopic (exact) mass is 711 g/mol. The van der Waals surface area contributed by atoms with Crippen molar-refractivity contribution in [3.63, 3.8) is 0 Å². The average Bonchev–Trinajstić information content (AvgIpc) is 3.05. The third-order valence-corrected chi connectivity index (χ3v) is 10.6. The molecule has 0 bridgehead atoms. The Hall–Kier alpha value is -3.76. The number of ketones is 3. The molecule has 4 N–H and O–H groups in total. The number of phenolic OH excluding ortho intramolecular Hbond substituents is 2. The zero-order valence-electron chi connectivity index (χ0n) is 29.5. The summed E-state index contributed by atoms with van der Waals surface area (Å²) in [6.45, 7) is 4.86. The predicted molar refractivity (Wildman–Crippen MR) is 177 cm³/mol. The second kappa shape index (κ2) is 14.0. The molecule has 14 heteroatoms. The van der Waals surface area contributed by atoms with Crippen LogP contribution in [-0.2, 0) is 33.3 Å². The molecule has 4 aliphatic rings. The van der Waals surface area contributed by atoms with E-state index in [-0.39, 0.29) is 52.3 Å². The van der Waals surface area contributed by atoms with Crippen molar-refractivity contribution in [2.45, 2.75) is 114 Å². The Morgan fingerprint density at radius 1 is 0.980 bits per heavy atom. The number of nitrogens with zero attached hydrogens (tertiary/aromatic N) is 1. The minimum atomic E-state index is -2.08. The summed E-state index contributed by atoms with van der Waals surface area (Å²) in [7, 11) is 4.87. The topological polar surface area (TPSA) is 199 Å². The quantitative estimate of drug-likeness (QED) is 0.249. The Morgan fingerprint density at radius 2 is 1.69 bits per heavy atom. The van der Waals surface area contributed by atoms with Crippen LogP contribution in [0.1, 0.15) is 108 Å². The number of benzene rings is 2. The zero-order valence-corrected chi connectivity index (χ0v) is 29.5. The second-order valence-corrected chi connectivity index (χ2v) is 14.3. The van der Waals surface area contributed by atoms with Gasteiger partial charge < -0.3 is 49.0 Å². The summed E-state index contributed by atoms with van der Waals surface area (Å²) >= 11 is 0. The van der Waals surface area contributed by atoms with Crippen LogP contribution in [-0.4, -0.2) is 118 Å². The molecule has 6 rings (SSSR count). The van der Waals surface area contributed by atoms with E-state index in [4.69, 9.17) is 23.7 Å². The van der Waals surface area contributed by atoms with Gasteiger partial charge in [-0.2, -0.15) is 0 Å². The van der Waals surface area contributed by atoms with E-state index in [0.29, 0.717) is 12.8 Å². The summed E-state index contributed by atoms with van der Waals surface area (Å²) in [6.07, 6.45) is -4.38.